The summed E-state index contributed by atoms with van der Waals surface area (Å²) >= 11 is 0. The molecule has 2 fully saturated rings. The van der Waals surface area contributed by atoms with E-state index in [2.05, 4.69) is 6.58 Å². The molecule has 0 aromatic rings. The fraction of sp³-hybridized carbons (Fsp3) is 0.200. The Balaban J connectivity index is 0.000000360. The van der Waals surface area contributed by atoms with Crippen molar-refractivity contribution in [2.24, 2.45) is 0 Å². The Labute approximate surface area is 118 Å². The van der Waals surface area contributed by atoms with Crippen molar-refractivity contribution in [3.8, 4) is 0 Å². The van der Waals surface area contributed by atoms with Gasteiger partial charge in [0, 0.05) is 5.92 Å². The Kier molecular flexibility index (Phi) is 9.31. The standard InChI is InChI=1S/C10H13O.C5H5.Fe/c1-3-8-10(2,11)9-6-4-5-7-9;1-2-4-5-3-1;/h3-7,11H,1,8H2,2H3;1-5H;/q;;+2. The van der Waals surface area contributed by atoms with Crippen LogP contribution in [-0.2, 0) is 17.1 Å². The van der Waals surface area contributed by atoms with Gasteiger partial charge in [-0.2, -0.15) is 0 Å². The average Bonchev–Trinajstić information content (AvgIpc) is 2.95. The molecule has 0 bridgehead atoms. The van der Waals surface area contributed by atoms with E-state index < -0.39 is 5.60 Å². The Morgan fingerprint density at radius 1 is 1.06 bits per heavy atom. The van der Waals surface area contributed by atoms with Crippen LogP contribution in [0.1, 0.15) is 13.3 Å². The topological polar surface area (TPSA) is 20.2 Å². The van der Waals surface area contributed by atoms with Gasteiger partial charge in [0.2, 0.25) is 0 Å². The molecule has 1 nitrogen and oxygen atoms in total. The van der Waals surface area contributed by atoms with Crippen molar-refractivity contribution in [2.75, 3.05) is 0 Å². The van der Waals surface area contributed by atoms with E-state index in [-0.39, 0.29) is 17.1 Å². The van der Waals surface area contributed by atoms with Crippen molar-refractivity contribution in [1.29, 1.82) is 0 Å². The average molecular weight is 270 g/mol. The number of hydrogen-bond acceptors (Lipinski definition) is 1. The molecule has 0 aliphatic heterocycles. The van der Waals surface area contributed by atoms with Gasteiger partial charge < -0.3 is 5.11 Å². The van der Waals surface area contributed by atoms with Crippen molar-refractivity contribution in [2.45, 2.75) is 18.9 Å². The van der Waals surface area contributed by atoms with Crippen molar-refractivity contribution in [1.82, 2.24) is 0 Å². The molecule has 2 rings (SSSR count). The quantitative estimate of drug-likeness (QED) is 0.617. The van der Waals surface area contributed by atoms with Crippen LogP contribution in [0.25, 0.3) is 0 Å². The van der Waals surface area contributed by atoms with E-state index in [1.165, 1.54) is 0 Å². The molecule has 2 saturated carbocycles. The minimum absolute atomic E-state index is 0. The van der Waals surface area contributed by atoms with Crippen LogP contribution in [-0.4, -0.2) is 10.7 Å². The number of aliphatic hydroxyl groups is 1. The molecule has 1 unspecified atom stereocenters. The Morgan fingerprint density at radius 3 is 1.82 bits per heavy atom. The summed E-state index contributed by atoms with van der Waals surface area (Å²) in [6, 6.07) is 0. The summed E-state index contributed by atoms with van der Waals surface area (Å²) in [5.41, 5.74) is -0.745. The van der Waals surface area contributed by atoms with E-state index >= 15 is 0 Å². The first-order chi connectivity index (χ1) is 7.67. The summed E-state index contributed by atoms with van der Waals surface area (Å²) in [7, 11) is 0. The molecule has 0 aromatic carbocycles. The molecule has 17 heavy (non-hydrogen) atoms. The molecule has 1 N–H and O–H groups in total. The maximum Gasteiger partial charge on any atom is 2.00 e. The van der Waals surface area contributed by atoms with Crippen LogP contribution in [0, 0.1) is 63.7 Å². The van der Waals surface area contributed by atoms with Crippen molar-refractivity contribution < 1.29 is 22.2 Å². The van der Waals surface area contributed by atoms with E-state index in [0.717, 1.165) is 5.92 Å². The molecular weight excluding hydrogens is 252 g/mol. The van der Waals surface area contributed by atoms with Gasteiger partial charge in [-0.05, 0) is 71.1 Å². The molecular formula is C15H18FeO+2. The molecule has 0 aromatic heterocycles. The molecule has 90 valence electrons. The zero-order chi connectivity index (χ0) is 11.9. The van der Waals surface area contributed by atoms with Crippen LogP contribution in [0.5, 0.6) is 0 Å². The Morgan fingerprint density at radius 2 is 1.47 bits per heavy atom. The van der Waals surface area contributed by atoms with Crippen LogP contribution < -0.4 is 0 Å². The third-order valence-corrected chi connectivity index (χ3v) is 2.38. The van der Waals surface area contributed by atoms with Crippen LogP contribution in [0.2, 0.25) is 0 Å². The Bertz CT molecular complexity index is 183. The predicted octanol–water partition coefficient (Wildman–Crippen LogP) is 2.74. The molecule has 10 radical (unpaired) electrons. The summed E-state index contributed by atoms with van der Waals surface area (Å²) in [5.74, 6) is 0.956. The fourth-order valence-electron chi connectivity index (χ4n) is 1.45. The van der Waals surface area contributed by atoms with Gasteiger partial charge in [-0.25, -0.2) is 0 Å². The summed E-state index contributed by atoms with van der Waals surface area (Å²) in [6.07, 6.45) is 20.0. The van der Waals surface area contributed by atoms with Crippen molar-refractivity contribution >= 4 is 0 Å². The van der Waals surface area contributed by atoms with Gasteiger partial charge in [0.05, 0.1) is 5.60 Å². The smallest absolute Gasteiger partial charge is 0.389 e. The second-order valence-electron chi connectivity index (χ2n) is 3.90. The minimum atomic E-state index is -0.745. The van der Waals surface area contributed by atoms with E-state index in [1.807, 2.05) is 57.8 Å². The largest absolute Gasteiger partial charge is 2.00 e. The van der Waals surface area contributed by atoms with E-state index in [1.54, 1.807) is 13.0 Å². The van der Waals surface area contributed by atoms with E-state index in [0.29, 0.717) is 6.42 Å². The molecule has 2 aliphatic rings. The maximum atomic E-state index is 9.80. The Hall–Kier alpha value is 0.219. The minimum Gasteiger partial charge on any atom is -0.389 e. The first kappa shape index (κ1) is 17.2. The first-order valence-electron chi connectivity index (χ1n) is 5.39. The summed E-state index contributed by atoms with van der Waals surface area (Å²) in [5, 5.41) is 9.80. The number of rotatable bonds is 3. The number of hydrogen-bond donors (Lipinski definition) is 1. The van der Waals surface area contributed by atoms with Crippen LogP contribution in [0.4, 0.5) is 0 Å². The third-order valence-electron chi connectivity index (χ3n) is 2.38. The second kappa shape index (κ2) is 9.19. The zero-order valence-corrected chi connectivity index (χ0v) is 11.1. The van der Waals surface area contributed by atoms with Gasteiger partial charge in [0.25, 0.3) is 0 Å². The molecule has 0 spiro atoms. The normalized spacial score (nSPS) is 23.2. The molecule has 0 heterocycles. The molecule has 2 aliphatic carbocycles. The molecule has 0 saturated heterocycles. The van der Waals surface area contributed by atoms with Gasteiger partial charge in [-0.15, -0.1) is 6.58 Å². The third kappa shape index (κ3) is 6.64. The van der Waals surface area contributed by atoms with E-state index in [9.17, 15) is 5.11 Å². The summed E-state index contributed by atoms with van der Waals surface area (Å²) < 4.78 is 0. The monoisotopic (exact) mass is 270 g/mol. The van der Waals surface area contributed by atoms with Crippen molar-refractivity contribution in [3.63, 3.8) is 0 Å². The van der Waals surface area contributed by atoms with Gasteiger partial charge in [-0.1, -0.05) is 6.08 Å². The van der Waals surface area contributed by atoms with Gasteiger partial charge in [0.1, 0.15) is 0 Å². The van der Waals surface area contributed by atoms with Crippen LogP contribution >= 0.6 is 0 Å². The first-order valence-corrected chi connectivity index (χ1v) is 5.39. The van der Waals surface area contributed by atoms with Crippen LogP contribution in [0.15, 0.2) is 12.7 Å². The maximum absolute atomic E-state index is 9.80. The SMILES string of the molecule is C=CCC(C)(O)[C]1[CH][CH][CH][CH]1.[CH]1[CH][CH][CH][CH]1.[Fe+2]. The second-order valence-corrected chi connectivity index (χ2v) is 3.90. The van der Waals surface area contributed by atoms with Crippen LogP contribution in [0.3, 0.4) is 0 Å². The van der Waals surface area contributed by atoms with E-state index in [4.69, 9.17) is 0 Å². The molecule has 2 heteroatoms. The van der Waals surface area contributed by atoms with Crippen molar-refractivity contribution in [3.05, 3.63) is 76.4 Å². The van der Waals surface area contributed by atoms with Gasteiger partial charge in [0.15, 0.2) is 0 Å². The molecule has 0 amide bonds. The van der Waals surface area contributed by atoms with Gasteiger partial charge >= 0.3 is 17.1 Å². The fourth-order valence-corrected chi connectivity index (χ4v) is 1.45. The molecule has 1 atom stereocenters. The summed E-state index contributed by atoms with van der Waals surface area (Å²) in [4.78, 5) is 0. The zero-order valence-electron chi connectivity index (χ0n) is 9.99. The summed E-state index contributed by atoms with van der Waals surface area (Å²) in [6.45, 7) is 5.39. The predicted molar refractivity (Wildman–Crippen MR) is 67.4 cm³/mol. The van der Waals surface area contributed by atoms with Gasteiger partial charge in [-0.3, -0.25) is 0 Å².